The van der Waals surface area contributed by atoms with Crippen LogP contribution in [0, 0.1) is 0 Å². The minimum Gasteiger partial charge on any atom is -0.388 e. The molecule has 1 aromatic rings. The molecule has 0 amide bonds. The Morgan fingerprint density at radius 1 is 1.41 bits per heavy atom. The standard InChI is InChI=1S/C10H8ClNO4S/c11-7-3-1-2-6(4-7)9-10-8(16-12-9)5-15-17(10,13)14/h1-4,8,10H,5H2. The first-order valence-corrected chi connectivity index (χ1v) is 6.81. The third-order valence-corrected chi connectivity index (χ3v) is 4.57. The van der Waals surface area contributed by atoms with E-state index >= 15 is 0 Å². The Bertz CT molecular complexity index is 598. The fourth-order valence-electron chi connectivity index (χ4n) is 1.95. The van der Waals surface area contributed by atoms with E-state index in [1.807, 2.05) is 0 Å². The van der Waals surface area contributed by atoms with Crippen molar-refractivity contribution in [2.24, 2.45) is 5.16 Å². The Labute approximate surface area is 103 Å². The number of hydrogen-bond acceptors (Lipinski definition) is 5. The van der Waals surface area contributed by atoms with Crippen molar-refractivity contribution >= 4 is 27.4 Å². The fraction of sp³-hybridized carbons (Fsp3) is 0.300. The van der Waals surface area contributed by atoms with E-state index in [1.165, 1.54) is 0 Å². The highest BCUT2D eigenvalue weighted by atomic mass is 35.5. The van der Waals surface area contributed by atoms with Crippen LogP contribution in [0.3, 0.4) is 0 Å². The largest absolute Gasteiger partial charge is 0.388 e. The van der Waals surface area contributed by atoms with Gasteiger partial charge in [0, 0.05) is 10.6 Å². The van der Waals surface area contributed by atoms with Gasteiger partial charge < -0.3 is 4.84 Å². The van der Waals surface area contributed by atoms with E-state index in [0.717, 1.165) is 0 Å². The normalized spacial score (nSPS) is 29.6. The lowest BCUT2D eigenvalue weighted by Crippen LogP contribution is -2.31. The summed E-state index contributed by atoms with van der Waals surface area (Å²) >= 11 is 5.86. The zero-order valence-corrected chi connectivity index (χ0v) is 10.1. The zero-order valence-electron chi connectivity index (χ0n) is 8.54. The summed E-state index contributed by atoms with van der Waals surface area (Å²) in [5, 5.41) is 3.50. The van der Waals surface area contributed by atoms with Gasteiger partial charge in [0.2, 0.25) is 0 Å². The molecule has 2 unspecified atom stereocenters. The van der Waals surface area contributed by atoms with E-state index in [1.54, 1.807) is 24.3 Å². The Morgan fingerprint density at radius 3 is 3.00 bits per heavy atom. The van der Waals surface area contributed by atoms with E-state index < -0.39 is 21.5 Å². The van der Waals surface area contributed by atoms with Crippen LogP contribution < -0.4 is 0 Å². The molecule has 2 aliphatic heterocycles. The summed E-state index contributed by atoms with van der Waals surface area (Å²) < 4.78 is 28.1. The molecule has 2 heterocycles. The van der Waals surface area contributed by atoms with Gasteiger partial charge in [0.15, 0.2) is 11.4 Å². The van der Waals surface area contributed by atoms with Crippen LogP contribution in [-0.2, 0) is 19.1 Å². The Morgan fingerprint density at radius 2 is 2.24 bits per heavy atom. The number of nitrogens with zero attached hydrogens (tertiary/aromatic N) is 1. The first-order chi connectivity index (χ1) is 8.08. The van der Waals surface area contributed by atoms with Crippen LogP contribution in [0.15, 0.2) is 29.4 Å². The molecule has 1 aromatic carbocycles. The van der Waals surface area contributed by atoms with Crippen molar-refractivity contribution in [2.45, 2.75) is 11.4 Å². The summed E-state index contributed by atoms with van der Waals surface area (Å²) in [5.74, 6) is 0. The number of benzene rings is 1. The molecule has 0 aromatic heterocycles. The Kier molecular flexibility index (Phi) is 2.39. The van der Waals surface area contributed by atoms with E-state index in [-0.39, 0.29) is 6.61 Å². The average Bonchev–Trinajstić information content (AvgIpc) is 2.81. The van der Waals surface area contributed by atoms with Crippen molar-refractivity contribution in [2.75, 3.05) is 6.61 Å². The number of fused-ring (bicyclic) bond motifs is 1. The number of hydrogen-bond donors (Lipinski definition) is 0. The van der Waals surface area contributed by atoms with Gasteiger partial charge in [-0.1, -0.05) is 28.9 Å². The summed E-state index contributed by atoms with van der Waals surface area (Å²) in [5.41, 5.74) is 0.995. The van der Waals surface area contributed by atoms with Crippen LogP contribution in [0.5, 0.6) is 0 Å². The summed E-state index contributed by atoms with van der Waals surface area (Å²) in [6, 6.07) is 6.83. The molecular weight excluding hydrogens is 266 g/mol. The minimum absolute atomic E-state index is 0.0145. The van der Waals surface area contributed by atoms with Gasteiger partial charge in [-0.15, -0.1) is 0 Å². The van der Waals surface area contributed by atoms with Crippen molar-refractivity contribution < 1.29 is 17.4 Å². The summed E-state index contributed by atoms with van der Waals surface area (Å²) in [4.78, 5) is 5.06. The predicted molar refractivity (Wildman–Crippen MR) is 61.5 cm³/mol. The highest BCUT2D eigenvalue weighted by Crippen LogP contribution is 2.30. The summed E-state index contributed by atoms with van der Waals surface area (Å²) in [6.07, 6.45) is -0.547. The third-order valence-electron chi connectivity index (χ3n) is 2.72. The molecule has 0 spiro atoms. The van der Waals surface area contributed by atoms with Gasteiger partial charge in [-0.25, -0.2) is 0 Å². The van der Waals surface area contributed by atoms with Crippen LogP contribution in [0.1, 0.15) is 5.56 Å². The molecule has 1 saturated heterocycles. The predicted octanol–water partition coefficient (Wildman–Crippen LogP) is 1.17. The quantitative estimate of drug-likeness (QED) is 0.721. The molecule has 2 aliphatic rings. The molecule has 5 nitrogen and oxygen atoms in total. The van der Waals surface area contributed by atoms with Crippen LogP contribution in [0.25, 0.3) is 0 Å². The highest BCUT2D eigenvalue weighted by Gasteiger charge is 2.51. The van der Waals surface area contributed by atoms with Gasteiger partial charge in [0.1, 0.15) is 12.3 Å². The molecule has 17 heavy (non-hydrogen) atoms. The maximum atomic E-state index is 11.7. The van der Waals surface area contributed by atoms with Crippen molar-refractivity contribution in [1.29, 1.82) is 0 Å². The second-order valence-corrected chi connectivity index (χ2v) is 5.99. The highest BCUT2D eigenvalue weighted by molar-refractivity contribution is 7.88. The zero-order chi connectivity index (χ0) is 12.0. The molecule has 0 radical (unpaired) electrons. The lowest BCUT2D eigenvalue weighted by atomic mass is 10.1. The van der Waals surface area contributed by atoms with E-state index in [0.29, 0.717) is 16.3 Å². The molecule has 3 rings (SSSR count). The van der Waals surface area contributed by atoms with Crippen LogP contribution >= 0.6 is 11.6 Å². The fourth-order valence-corrected chi connectivity index (χ4v) is 3.56. The van der Waals surface area contributed by atoms with Gasteiger partial charge in [-0.2, -0.15) is 8.42 Å². The minimum atomic E-state index is -3.63. The molecule has 1 fully saturated rings. The van der Waals surface area contributed by atoms with Crippen molar-refractivity contribution in [3.8, 4) is 0 Å². The molecule has 0 saturated carbocycles. The van der Waals surface area contributed by atoms with Gasteiger partial charge in [-0.3, -0.25) is 4.18 Å². The molecule has 7 heteroatoms. The summed E-state index contributed by atoms with van der Waals surface area (Å²) in [7, 11) is -3.63. The van der Waals surface area contributed by atoms with Crippen molar-refractivity contribution in [3.05, 3.63) is 34.9 Å². The van der Waals surface area contributed by atoms with Gasteiger partial charge in [-0.05, 0) is 12.1 Å². The molecule has 0 N–H and O–H groups in total. The SMILES string of the molecule is O=S1(=O)OCC2ON=C(c3cccc(Cl)c3)C21. The van der Waals surface area contributed by atoms with Crippen LogP contribution in [-0.4, -0.2) is 32.1 Å². The second kappa shape index (κ2) is 3.69. The maximum Gasteiger partial charge on any atom is 0.280 e. The topological polar surface area (TPSA) is 65.0 Å². The lowest BCUT2D eigenvalue weighted by Gasteiger charge is -2.06. The van der Waals surface area contributed by atoms with Crippen LogP contribution in [0.2, 0.25) is 5.02 Å². The Balaban J connectivity index is 2.05. The smallest absolute Gasteiger partial charge is 0.280 e. The Hall–Kier alpha value is -1.11. The number of oxime groups is 1. The molecule has 0 aliphatic carbocycles. The lowest BCUT2D eigenvalue weighted by molar-refractivity contribution is 0.0683. The molecule has 2 atom stereocenters. The van der Waals surface area contributed by atoms with E-state index in [2.05, 4.69) is 5.16 Å². The van der Waals surface area contributed by atoms with Gasteiger partial charge in [0.25, 0.3) is 10.1 Å². The van der Waals surface area contributed by atoms with Crippen molar-refractivity contribution in [1.82, 2.24) is 0 Å². The van der Waals surface area contributed by atoms with Crippen molar-refractivity contribution in [3.63, 3.8) is 0 Å². The molecule has 90 valence electrons. The molecule has 0 bridgehead atoms. The third kappa shape index (κ3) is 1.72. The second-order valence-electron chi connectivity index (χ2n) is 3.83. The molecular formula is C10H8ClNO4S. The maximum absolute atomic E-state index is 11.7. The van der Waals surface area contributed by atoms with Crippen LogP contribution in [0.4, 0.5) is 0 Å². The number of halogens is 1. The first-order valence-electron chi connectivity index (χ1n) is 4.96. The van der Waals surface area contributed by atoms with Gasteiger partial charge in [0.05, 0.1) is 0 Å². The number of rotatable bonds is 1. The first kappa shape index (κ1) is 11.0. The van der Waals surface area contributed by atoms with Gasteiger partial charge >= 0.3 is 0 Å². The van der Waals surface area contributed by atoms with E-state index in [9.17, 15) is 8.42 Å². The van der Waals surface area contributed by atoms with E-state index in [4.69, 9.17) is 20.6 Å². The monoisotopic (exact) mass is 273 g/mol. The summed E-state index contributed by atoms with van der Waals surface area (Å²) in [6.45, 7) is 0.0145. The average molecular weight is 274 g/mol.